The van der Waals surface area contributed by atoms with E-state index in [1.165, 1.54) is 50.6 Å². The summed E-state index contributed by atoms with van der Waals surface area (Å²) in [6.07, 6.45) is 8.44. The highest BCUT2D eigenvalue weighted by Gasteiger charge is 2.14. The SMILES string of the molecule is CC(Cc1ccsc1)NCCC1CCCC1. The minimum absolute atomic E-state index is 0.621. The van der Waals surface area contributed by atoms with Gasteiger partial charge in [0.25, 0.3) is 0 Å². The molecule has 0 saturated heterocycles. The predicted molar refractivity (Wildman–Crippen MR) is 72.1 cm³/mol. The smallest absolute Gasteiger partial charge is 0.00794 e. The molecule has 90 valence electrons. The van der Waals surface area contributed by atoms with Crippen molar-refractivity contribution in [2.45, 2.75) is 51.5 Å². The summed E-state index contributed by atoms with van der Waals surface area (Å²) in [5.41, 5.74) is 1.48. The molecule has 16 heavy (non-hydrogen) atoms. The second-order valence-corrected chi connectivity index (χ2v) is 5.91. The van der Waals surface area contributed by atoms with Gasteiger partial charge in [-0.15, -0.1) is 0 Å². The Bertz CT molecular complexity index is 275. The minimum atomic E-state index is 0.621. The fourth-order valence-electron chi connectivity index (χ4n) is 2.67. The summed E-state index contributed by atoms with van der Waals surface area (Å²) in [6.45, 7) is 3.50. The van der Waals surface area contributed by atoms with E-state index < -0.39 is 0 Å². The molecule has 1 aliphatic carbocycles. The molecule has 1 fully saturated rings. The highest BCUT2D eigenvalue weighted by atomic mass is 32.1. The summed E-state index contributed by atoms with van der Waals surface area (Å²) in [6, 6.07) is 2.86. The zero-order valence-electron chi connectivity index (χ0n) is 10.2. The van der Waals surface area contributed by atoms with Crippen molar-refractivity contribution in [3.63, 3.8) is 0 Å². The van der Waals surface area contributed by atoms with Gasteiger partial charge in [0.15, 0.2) is 0 Å². The van der Waals surface area contributed by atoms with Crippen LogP contribution in [0, 0.1) is 5.92 Å². The summed E-state index contributed by atoms with van der Waals surface area (Å²) in [5.74, 6) is 1.01. The van der Waals surface area contributed by atoms with Crippen LogP contribution in [0.1, 0.15) is 44.6 Å². The Balaban J connectivity index is 1.58. The lowest BCUT2D eigenvalue weighted by atomic mass is 10.0. The molecule has 0 spiro atoms. The third-order valence-corrected chi connectivity index (χ3v) is 4.37. The van der Waals surface area contributed by atoms with Crippen LogP contribution in [-0.4, -0.2) is 12.6 Å². The number of thiophene rings is 1. The van der Waals surface area contributed by atoms with Crippen LogP contribution in [0.5, 0.6) is 0 Å². The van der Waals surface area contributed by atoms with E-state index in [0.29, 0.717) is 6.04 Å². The quantitative estimate of drug-likeness (QED) is 0.792. The maximum absolute atomic E-state index is 3.65. The van der Waals surface area contributed by atoms with Crippen molar-refractivity contribution in [1.29, 1.82) is 0 Å². The second-order valence-electron chi connectivity index (χ2n) is 5.13. The van der Waals surface area contributed by atoms with E-state index in [-0.39, 0.29) is 0 Å². The van der Waals surface area contributed by atoms with Gasteiger partial charge in [-0.25, -0.2) is 0 Å². The van der Waals surface area contributed by atoms with Crippen LogP contribution in [0.3, 0.4) is 0 Å². The maximum atomic E-state index is 3.65. The molecular formula is C14H23NS. The van der Waals surface area contributed by atoms with E-state index in [9.17, 15) is 0 Å². The standard InChI is InChI=1S/C14H23NS/c1-12(10-14-7-9-16-11-14)15-8-6-13-4-2-3-5-13/h7,9,11-13,15H,2-6,8,10H2,1H3. The highest BCUT2D eigenvalue weighted by molar-refractivity contribution is 7.07. The van der Waals surface area contributed by atoms with E-state index in [2.05, 4.69) is 29.1 Å². The molecule has 2 heteroatoms. The minimum Gasteiger partial charge on any atom is -0.314 e. The van der Waals surface area contributed by atoms with Crippen LogP contribution in [0.4, 0.5) is 0 Å². The number of rotatable bonds is 6. The van der Waals surface area contributed by atoms with Gasteiger partial charge in [0.05, 0.1) is 0 Å². The Labute approximate surface area is 103 Å². The van der Waals surface area contributed by atoms with Crippen molar-refractivity contribution in [2.75, 3.05) is 6.54 Å². The van der Waals surface area contributed by atoms with Gasteiger partial charge < -0.3 is 5.32 Å². The molecule has 1 aliphatic rings. The fraction of sp³-hybridized carbons (Fsp3) is 0.714. The molecule has 1 N–H and O–H groups in total. The van der Waals surface area contributed by atoms with Crippen molar-refractivity contribution in [2.24, 2.45) is 5.92 Å². The number of nitrogens with one attached hydrogen (secondary N) is 1. The second kappa shape index (κ2) is 6.41. The van der Waals surface area contributed by atoms with Gasteiger partial charge >= 0.3 is 0 Å². The van der Waals surface area contributed by atoms with Crippen LogP contribution in [-0.2, 0) is 6.42 Å². The van der Waals surface area contributed by atoms with Crippen LogP contribution in [0.15, 0.2) is 16.8 Å². The number of hydrogen-bond acceptors (Lipinski definition) is 2. The fourth-order valence-corrected chi connectivity index (χ4v) is 3.35. The van der Waals surface area contributed by atoms with Gasteiger partial charge in [-0.1, -0.05) is 25.7 Å². The van der Waals surface area contributed by atoms with Crippen LogP contribution >= 0.6 is 11.3 Å². The Morgan fingerprint density at radius 1 is 1.44 bits per heavy atom. The Morgan fingerprint density at radius 2 is 2.25 bits per heavy atom. The monoisotopic (exact) mass is 237 g/mol. The molecule has 1 unspecified atom stereocenters. The number of hydrogen-bond donors (Lipinski definition) is 1. The van der Waals surface area contributed by atoms with E-state index >= 15 is 0 Å². The van der Waals surface area contributed by atoms with Gasteiger partial charge in [-0.05, 0) is 54.6 Å². The third kappa shape index (κ3) is 3.91. The van der Waals surface area contributed by atoms with E-state index in [0.717, 1.165) is 5.92 Å². The molecule has 0 aliphatic heterocycles. The van der Waals surface area contributed by atoms with Crippen molar-refractivity contribution in [3.05, 3.63) is 22.4 Å². The van der Waals surface area contributed by atoms with Crippen molar-refractivity contribution in [3.8, 4) is 0 Å². The Kier molecular flexibility index (Phi) is 4.86. The molecule has 1 saturated carbocycles. The zero-order valence-corrected chi connectivity index (χ0v) is 11.1. The highest BCUT2D eigenvalue weighted by Crippen LogP contribution is 2.26. The molecule has 1 aromatic rings. The van der Waals surface area contributed by atoms with E-state index in [1.807, 2.05) is 0 Å². The molecule has 0 amide bonds. The largest absolute Gasteiger partial charge is 0.314 e. The lowest BCUT2D eigenvalue weighted by Gasteiger charge is -2.15. The third-order valence-electron chi connectivity index (χ3n) is 3.64. The normalized spacial score (nSPS) is 19.1. The molecule has 1 heterocycles. The average Bonchev–Trinajstić information content (AvgIpc) is 2.90. The molecule has 1 nitrogen and oxygen atoms in total. The van der Waals surface area contributed by atoms with Crippen LogP contribution in [0.25, 0.3) is 0 Å². The van der Waals surface area contributed by atoms with E-state index in [4.69, 9.17) is 0 Å². The summed E-state index contributed by atoms with van der Waals surface area (Å²) >= 11 is 1.80. The van der Waals surface area contributed by atoms with E-state index in [1.54, 1.807) is 11.3 Å². The summed E-state index contributed by atoms with van der Waals surface area (Å²) in [5, 5.41) is 8.08. The van der Waals surface area contributed by atoms with Crippen LogP contribution < -0.4 is 5.32 Å². The molecule has 0 aromatic carbocycles. The molecule has 1 atom stereocenters. The Hall–Kier alpha value is -0.340. The molecule has 1 aromatic heterocycles. The van der Waals surface area contributed by atoms with Gasteiger partial charge in [0.1, 0.15) is 0 Å². The Morgan fingerprint density at radius 3 is 2.94 bits per heavy atom. The first-order valence-electron chi connectivity index (χ1n) is 6.59. The van der Waals surface area contributed by atoms with Gasteiger partial charge in [0.2, 0.25) is 0 Å². The maximum Gasteiger partial charge on any atom is 0.00794 e. The average molecular weight is 237 g/mol. The first-order valence-corrected chi connectivity index (χ1v) is 7.53. The first-order chi connectivity index (χ1) is 7.84. The van der Waals surface area contributed by atoms with Gasteiger partial charge in [-0.3, -0.25) is 0 Å². The van der Waals surface area contributed by atoms with Crippen LogP contribution in [0.2, 0.25) is 0 Å². The topological polar surface area (TPSA) is 12.0 Å². The lowest BCUT2D eigenvalue weighted by molar-refractivity contribution is 0.448. The first kappa shape index (κ1) is 12.1. The molecule has 2 rings (SSSR count). The summed E-state index contributed by atoms with van der Waals surface area (Å²) in [4.78, 5) is 0. The summed E-state index contributed by atoms with van der Waals surface area (Å²) < 4.78 is 0. The van der Waals surface area contributed by atoms with Crippen molar-refractivity contribution in [1.82, 2.24) is 5.32 Å². The van der Waals surface area contributed by atoms with Crippen molar-refractivity contribution >= 4 is 11.3 Å². The van der Waals surface area contributed by atoms with Crippen molar-refractivity contribution < 1.29 is 0 Å². The molecular weight excluding hydrogens is 214 g/mol. The molecule has 0 radical (unpaired) electrons. The van der Waals surface area contributed by atoms with Gasteiger partial charge in [-0.2, -0.15) is 11.3 Å². The molecule has 0 bridgehead atoms. The van der Waals surface area contributed by atoms with Gasteiger partial charge in [0, 0.05) is 6.04 Å². The lowest BCUT2D eigenvalue weighted by Crippen LogP contribution is -2.29. The summed E-state index contributed by atoms with van der Waals surface area (Å²) in [7, 11) is 0. The predicted octanol–water partition coefficient (Wildman–Crippen LogP) is 3.85. The zero-order chi connectivity index (χ0) is 11.2.